The van der Waals surface area contributed by atoms with Crippen LogP contribution in [0.2, 0.25) is 0 Å². The largest absolute Gasteiger partial charge is 0.351 e. The monoisotopic (exact) mass is 510 g/mol. The molecule has 186 valence electrons. The molecule has 2 aliphatic rings. The molecule has 2 bridgehead atoms. The Morgan fingerprint density at radius 2 is 1.80 bits per heavy atom. The number of hydrogen-bond donors (Lipinski definition) is 2. The molecule has 5 rings (SSSR count). The van der Waals surface area contributed by atoms with Crippen LogP contribution in [0.15, 0.2) is 60.0 Å². The molecule has 4 atom stereocenters. The predicted octanol–water partition coefficient (Wildman–Crippen LogP) is 5.26. The van der Waals surface area contributed by atoms with E-state index in [1.165, 1.54) is 6.42 Å². The average molecular weight is 511 g/mol. The SMILES string of the molecule is CC12CCC(C1)C(C)(C)C2NC(=O)C(Cc1csc2ccccc12)NS(=O)(=O)Cc1ccccc1. The van der Waals surface area contributed by atoms with Crippen LogP contribution in [0.5, 0.6) is 0 Å². The van der Waals surface area contributed by atoms with Crippen LogP contribution in [0.4, 0.5) is 0 Å². The quantitative estimate of drug-likeness (QED) is 0.434. The predicted molar refractivity (Wildman–Crippen MR) is 143 cm³/mol. The van der Waals surface area contributed by atoms with E-state index in [2.05, 4.69) is 36.9 Å². The Kier molecular flexibility index (Phi) is 6.31. The van der Waals surface area contributed by atoms with Crippen molar-refractivity contribution < 1.29 is 13.2 Å². The summed E-state index contributed by atoms with van der Waals surface area (Å²) < 4.78 is 30.2. The van der Waals surface area contributed by atoms with E-state index in [4.69, 9.17) is 0 Å². The van der Waals surface area contributed by atoms with Crippen LogP contribution in [-0.4, -0.2) is 26.4 Å². The summed E-state index contributed by atoms with van der Waals surface area (Å²) in [7, 11) is -3.73. The lowest BCUT2D eigenvalue weighted by atomic mass is 9.68. The third-order valence-corrected chi connectivity index (χ3v) is 10.7. The minimum Gasteiger partial charge on any atom is -0.351 e. The molecule has 7 heteroatoms. The Bertz CT molecular complexity index is 1330. The van der Waals surface area contributed by atoms with Crippen LogP contribution in [0.3, 0.4) is 0 Å². The van der Waals surface area contributed by atoms with Gasteiger partial charge in [0.15, 0.2) is 0 Å². The summed E-state index contributed by atoms with van der Waals surface area (Å²) in [5.41, 5.74) is 1.74. The van der Waals surface area contributed by atoms with Crippen molar-refractivity contribution in [2.24, 2.45) is 16.7 Å². The van der Waals surface area contributed by atoms with Gasteiger partial charge in [0.2, 0.25) is 15.9 Å². The van der Waals surface area contributed by atoms with E-state index in [-0.39, 0.29) is 28.5 Å². The van der Waals surface area contributed by atoms with Crippen molar-refractivity contribution >= 4 is 37.4 Å². The van der Waals surface area contributed by atoms with E-state index in [1.54, 1.807) is 23.5 Å². The second-order valence-corrected chi connectivity index (χ2v) is 13.9. The van der Waals surface area contributed by atoms with Gasteiger partial charge in [0.25, 0.3) is 0 Å². The lowest BCUT2D eigenvalue weighted by Gasteiger charge is -2.43. The fourth-order valence-corrected chi connectivity index (χ4v) is 8.87. The molecule has 2 saturated carbocycles. The van der Waals surface area contributed by atoms with Crippen molar-refractivity contribution in [1.82, 2.24) is 10.0 Å². The molecule has 2 aliphatic carbocycles. The smallest absolute Gasteiger partial charge is 0.238 e. The zero-order valence-corrected chi connectivity index (χ0v) is 22.2. The van der Waals surface area contributed by atoms with Gasteiger partial charge in [-0.05, 0) is 70.4 Å². The lowest BCUT2D eigenvalue weighted by molar-refractivity contribution is -0.125. The maximum Gasteiger partial charge on any atom is 0.238 e. The van der Waals surface area contributed by atoms with Gasteiger partial charge in [-0.15, -0.1) is 11.3 Å². The lowest BCUT2D eigenvalue weighted by Crippen LogP contribution is -2.57. The summed E-state index contributed by atoms with van der Waals surface area (Å²) in [5, 5.41) is 6.44. The molecule has 3 aromatic rings. The van der Waals surface area contributed by atoms with E-state index in [9.17, 15) is 13.2 Å². The Morgan fingerprint density at radius 1 is 1.09 bits per heavy atom. The van der Waals surface area contributed by atoms with Gasteiger partial charge < -0.3 is 5.32 Å². The molecule has 2 fully saturated rings. The molecule has 2 N–H and O–H groups in total. The molecule has 0 aliphatic heterocycles. The van der Waals surface area contributed by atoms with Gasteiger partial charge in [-0.3, -0.25) is 4.79 Å². The number of fused-ring (bicyclic) bond motifs is 3. The Balaban J connectivity index is 1.42. The summed E-state index contributed by atoms with van der Waals surface area (Å²) in [4.78, 5) is 13.8. The molecule has 1 heterocycles. The van der Waals surface area contributed by atoms with E-state index in [0.717, 1.165) is 28.5 Å². The van der Waals surface area contributed by atoms with Gasteiger partial charge >= 0.3 is 0 Å². The zero-order chi connectivity index (χ0) is 24.8. The van der Waals surface area contributed by atoms with Crippen molar-refractivity contribution in [3.8, 4) is 0 Å². The highest BCUT2D eigenvalue weighted by molar-refractivity contribution is 7.88. The Morgan fingerprint density at radius 3 is 2.51 bits per heavy atom. The molecule has 0 saturated heterocycles. The van der Waals surface area contributed by atoms with Gasteiger partial charge in [-0.25, -0.2) is 13.1 Å². The third-order valence-electron chi connectivity index (χ3n) is 8.38. The summed E-state index contributed by atoms with van der Waals surface area (Å²) in [6.45, 7) is 6.76. The van der Waals surface area contributed by atoms with Gasteiger partial charge in [0.05, 0.1) is 5.75 Å². The first-order valence-corrected chi connectivity index (χ1v) is 14.9. The van der Waals surface area contributed by atoms with Crippen LogP contribution in [-0.2, 0) is 27.0 Å². The summed E-state index contributed by atoms with van der Waals surface area (Å²) >= 11 is 1.62. The van der Waals surface area contributed by atoms with Gasteiger partial charge in [-0.1, -0.05) is 69.3 Å². The Hall–Kier alpha value is -2.22. The van der Waals surface area contributed by atoms with E-state index < -0.39 is 16.1 Å². The standard InChI is InChI=1S/C28H34N2O3S2/c1-27(2)21-13-14-28(3,16-21)26(27)29-25(31)23(15-20-17-34-24-12-8-7-11-22(20)24)30-35(32,33)18-19-9-5-4-6-10-19/h4-12,17,21,23,26,30H,13-16,18H2,1-3H3,(H,29,31). The topological polar surface area (TPSA) is 75.3 Å². The second kappa shape index (κ2) is 9.02. The summed E-state index contributed by atoms with van der Waals surface area (Å²) in [5.74, 6) is 0.201. The Labute approximate surface area is 212 Å². The first-order valence-electron chi connectivity index (χ1n) is 12.4. The van der Waals surface area contributed by atoms with E-state index in [0.29, 0.717) is 17.9 Å². The highest BCUT2D eigenvalue weighted by Crippen LogP contribution is 2.62. The molecule has 0 spiro atoms. The van der Waals surface area contributed by atoms with Crippen molar-refractivity contribution in [2.45, 2.75) is 64.3 Å². The number of hydrogen-bond acceptors (Lipinski definition) is 4. The fraction of sp³-hybridized carbons (Fsp3) is 0.464. The van der Waals surface area contributed by atoms with Crippen LogP contribution < -0.4 is 10.0 Å². The minimum atomic E-state index is -3.73. The summed E-state index contributed by atoms with van der Waals surface area (Å²) in [6, 6.07) is 16.3. The first kappa shape index (κ1) is 24.5. The molecule has 1 aromatic heterocycles. The average Bonchev–Trinajstić information content (AvgIpc) is 3.46. The minimum absolute atomic E-state index is 0.00873. The summed E-state index contributed by atoms with van der Waals surface area (Å²) in [6.07, 6.45) is 3.73. The van der Waals surface area contributed by atoms with Gasteiger partial charge in [-0.2, -0.15) is 0 Å². The molecular weight excluding hydrogens is 476 g/mol. The van der Waals surface area contributed by atoms with Crippen molar-refractivity contribution in [3.63, 3.8) is 0 Å². The van der Waals surface area contributed by atoms with Crippen molar-refractivity contribution in [3.05, 3.63) is 71.1 Å². The van der Waals surface area contributed by atoms with Crippen LogP contribution in [0, 0.1) is 16.7 Å². The number of rotatable bonds is 8. The first-order chi connectivity index (χ1) is 16.6. The van der Waals surface area contributed by atoms with Crippen LogP contribution in [0.25, 0.3) is 10.1 Å². The van der Waals surface area contributed by atoms with E-state index in [1.807, 2.05) is 41.8 Å². The number of carbonyl (C=O) groups excluding carboxylic acids is 1. The van der Waals surface area contributed by atoms with Crippen LogP contribution >= 0.6 is 11.3 Å². The molecule has 1 amide bonds. The molecule has 2 aromatic carbocycles. The molecule has 5 nitrogen and oxygen atoms in total. The zero-order valence-electron chi connectivity index (χ0n) is 20.6. The number of amides is 1. The fourth-order valence-electron chi connectivity index (χ4n) is 6.56. The van der Waals surface area contributed by atoms with Crippen LogP contribution in [0.1, 0.15) is 51.2 Å². The second-order valence-electron chi connectivity index (χ2n) is 11.2. The molecule has 0 radical (unpaired) electrons. The third kappa shape index (κ3) is 4.78. The van der Waals surface area contributed by atoms with Crippen molar-refractivity contribution in [2.75, 3.05) is 0 Å². The van der Waals surface area contributed by atoms with Gasteiger partial charge in [0, 0.05) is 10.7 Å². The number of carbonyl (C=O) groups is 1. The highest BCUT2D eigenvalue weighted by atomic mass is 32.2. The maximum absolute atomic E-state index is 13.8. The normalized spacial score (nSPS) is 26.1. The molecule has 4 unspecified atom stereocenters. The van der Waals surface area contributed by atoms with Gasteiger partial charge in [0.1, 0.15) is 6.04 Å². The molecular formula is C28H34N2O3S2. The van der Waals surface area contributed by atoms with Crippen molar-refractivity contribution in [1.29, 1.82) is 0 Å². The number of sulfonamides is 1. The number of nitrogens with one attached hydrogen (secondary N) is 2. The molecule has 35 heavy (non-hydrogen) atoms. The maximum atomic E-state index is 13.8. The number of benzene rings is 2. The van der Waals surface area contributed by atoms with E-state index >= 15 is 0 Å². The number of thiophene rings is 1. The highest BCUT2D eigenvalue weighted by Gasteiger charge is 2.59.